The fraction of sp³-hybridized carbons (Fsp3) is 0.385. The molecule has 0 unspecified atom stereocenters. The summed E-state index contributed by atoms with van der Waals surface area (Å²) < 4.78 is 29.8. The number of Topliss-reactive ketones (excluding diaryl/α,β-unsaturated/α-hetero) is 1. The maximum Gasteiger partial charge on any atom is 0.310 e. The van der Waals surface area contributed by atoms with Crippen LogP contribution in [-0.4, -0.2) is 67.9 Å². The van der Waals surface area contributed by atoms with E-state index >= 15 is 0 Å². The van der Waals surface area contributed by atoms with E-state index in [1.165, 1.54) is 35.2 Å². The Balaban J connectivity index is 1.46. The molecule has 0 aromatic heterocycles. The number of hydrogen-bond donors (Lipinski definition) is 0. The Bertz CT molecular complexity index is 1220. The van der Waals surface area contributed by atoms with Gasteiger partial charge < -0.3 is 19.1 Å². The molecule has 2 heterocycles. The van der Waals surface area contributed by atoms with Crippen molar-refractivity contribution in [1.29, 1.82) is 0 Å². The maximum absolute atomic E-state index is 14.0. The summed E-state index contributed by atoms with van der Waals surface area (Å²) in [7, 11) is 0. The van der Waals surface area contributed by atoms with Crippen LogP contribution in [-0.2, 0) is 19.1 Å². The molecule has 2 aliphatic heterocycles. The van der Waals surface area contributed by atoms with Crippen LogP contribution in [0.5, 0.6) is 11.5 Å². The molecule has 11 heteroatoms. The van der Waals surface area contributed by atoms with Crippen molar-refractivity contribution in [1.82, 2.24) is 4.90 Å². The van der Waals surface area contributed by atoms with Gasteiger partial charge in [0.2, 0.25) is 5.91 Å². The molecule has 0 spiro atoms. The molecule has 196 valence electrons. The van der Waals surface area contributed by atoms with Gasteiger partial charge in [0.05, 0.1) is 18.2 Å². The summed E-state index contributed by atoms with van der Waals surface area (Å²) in [5, 5.41) is 0.200. The first-order valence-electron chi connectivity index (χ1n) is 11.9. The second kappa shape index (κ2) is 11.6. The normalized spacial score (nSPS) is 17.1. The number of likely N-dealkylation sites (tertiary alicyclic amines) is 1. The third-order valence-electron chi connectivity index (χ3n) is 6.16. The molecule has 2 amide bonds. The van der Waals surface area contributed by atoms with E-state index in [0.29, 0.717) is 25.1 Å². The number of fused-ring (bicyclic) bond motifs is 1. The second-order valence-electron chi connectivity index (χ2n) is 8.67. The topological polar surface area (TPSA) is 102 Å². The summed E-state index contributed by atoms with van der Waals surface area (Å²) >= 11 is 5.73. The van der Waals surface area contributed by atoms with Crippen LogP contribution < -0.4 is 14.4 Å². The average Bonchev–Trinajstić information content (AvgIpc) is 2.89. The number of piperidine rings is 1. The first-order chi connectivity index (χ1) is 17.8. The average molecular weight is 533 g/mol. The second-order valence-corrected chi connectivity index (χ2v) is 9.11. The van der Waals surface area contributed by atoms with E-state index in [-0.39, 0.29) is 60.2 Å². The van der Waals surface area contributed by atoms with Crippen LogP contribution in [0, 0.1) is 11.7 Å². The highest BCUT2D eigenvalue weighted by atomic mass is 35.5. The lowest BCUT2D eigenvalue weighted by Gasteiger charge is -2.34. The van der Waals surface area contributed by atoms with Crippen LogP contribution in [0.3, 0.4) is 0 Å². The summed E-state index contributed by atoms with van der Waals surface area (Å²) in [6.45, 7) is 1.72. The van der Waals surface area contributed by atoms with E-state index in [2.05, 4.69) is 0 Å². The van der Waals surface area contributed by atoms with Crippen molar-refractivity contribution in [3.05, 3.63) is 52.8 Å². The highest BCUT2D eigenvalue weighted by Crippen LogP contribution is 2.33. The van der Waals surface area contributed by atoms with Gasteiger partial charge in [0.1, 0.15) is 12.3 Å². The number of halogens is 2. The minimum atomic E-state index is -0.697. The highest BCUT2D eigenvalue weighted by Gasteiger charge is 2.33. The van der Waals surface area contributed by atoms with E-state index in [0.717, 1.165) is 6.07 Å². The zero-order valence-corrected chi connectivity index (χ0v) is 21.0. The molecule has 2 aromatic carbocycles. The van der Waals surface area contributed by atoms with Crippen molar-refractivity contribution >= 4 is 40.9 Å². The Morgan fingerprint density at radius 1 is 1.19 bits per heavy atom. The Morgan fingerprint density at radius 2 is 2.00 bits per heavy atom. The van der Waals surface area contributed by atoms with Gasteiger partial charge in [0.25, 0.3) is 5.91 Å². The van der Waals surface area contributed by atoms with E-state index in [9.17, 15) is 23.6 Å². The first kappa shape index (κ1) is 26.4. The van der Waals surface area contributed by atoms with Crippen molar-refractivity contribution < 1.29 is 37.8 Å². The largest absolute Gasteiger partial charge is 0.482 e. The third kappa shape index (κ3) is 6.19. The Kier molecular flexibility index (Phi) is 8.27. The zero-order chi connectivity index (χ0) is 26.5. The minimum absolute atomic E-state index is 0.121. The molecule has 0 radical (unpaired) electrons. The van der Waals surface area contributed by atoms with E-state index in [4.69, 9.17) is 25.8 Å². The van der Waals surface area contributed by atoms with Crippen LogP contribution >= 0.6 is 11.6 Å². The summed E-state index contributed by atoms with van der Waals surface area (Å²) in [4.78, 5) is 53.5. The van der Waals surface area contributed by atoms with Crippen molar-refractivity contribution in [2.75, 3.05) is 44.4 Å². The lowest BCUT2D eigenvalue weighted by Crippen LogP contribution is -2.49. The highest BCUT2D eigenvalue weighted by molar-refractivity contribution is 6.30. The number of amides is 2. The van der Waals surface area contributed by atoms with Gasteiger partial charge in [-0.2, -0.15) is 0 Å². The SMILES string of the molecule is CCOC(=O)[C@H]1CCCN(C(=O)CN2C(=O)COc3ccc(C(=O)COc4ccc(Cl)cc4F)cc32)C1. The molecule has 0 bridgehead atoms. The number of benzene rings is 2. The molecule has 2 aliphatic rings. The molecule has 1 atom stereocenters. The van der Waals surface area contributed by atoms with Crippen molar-refractivity contribution in [2.45, 2.75) is 19.8 Å². The molecule has 0 aliphatic carbocycles. The van der Waals surface area contributed by atoms with Gasteiger partial charge >= 0.3 is 5.97 Å². The number of hydrogen-bond acceptors (Lipinski definition) is 7. The van der Waals surface area contributed by atoms with Crippen LogP contribution in [0.25, 0.3) is 0 Å². The zero-order valence-electron chi connectivity index (χ0n) is 20.2. The number of carbonyl (C=O) groups excluding carboxylic acids is 4. The monoisotopic (exact) mass is 532 g/mol. The first-order valence-corrected chi connectivity index (χ1v) is 12.3. The smallest absolute Gasteiger partial charge is 0.310 e. The number of anilines is 1. The predicted octanol–water partition coefficient (Wildman–Crippen LogP) is 3.27. The number of ether oxygens (including phenoxy) is 3. The number of carbonyl (C=O) groups is 4. The molecular weight excluding hydrogens is 507 g/mol. The van der Waals surface area contributed by atoms with Crippen molar-refractivity contribution in [3.63, 3.8) is 0 Å². The minimum Gasteiger partial charge on any atom is -0.482 e. The van der Waals surface area contributed by atoms with Crippen LogP contribution in [0.2, 0.25) is 5.02 Å². The fourth-order valence-corrected chi connectivity index (χ4v) is 4.42. The quantitative estimate of drug-likeness (QED) is 0.380. The number of esters is 1. The Morgan fingerprint density at radius 3 is 2.76 bits per heavy atom. The summed E-state index contributed by atoms with van der Waals surface area (Å²) in [6.07, 6.45) is 1.28. The van der Waals surface area contributed by atoms with Gasteiger partial charge in [-0.3, -0.25) is 24.1 Å². The lowest BCUT2D eigenvalue weighted by molar-refractivity contribution is -0.151. The predicted molar refractivity (Wildman–Crippen MR) is 131 cm³/mol. The van der Waals surface area contributed by atoms with Crippen LogP contribution in [0.15, 0.2) is 36.4 Å². The van der Waals surface area contributed by atoms with Gasteiger partial charge in [-0.1, -0.05) is 11.6 Å². The van der Waals surface area contributed by atoms with Crippen LogP contribution in [0.1, 0.15) is 30.1 Å². The molecule has 0 saturated carbocycles. The number of rotatable bonds is 8. The van der Waals surface area contributed by atoms with Gasteiger partial charge in [-0.05, 0) is 56.2 Å². The molecule has 37 heavy (non-hydrogen) atoms. The van der Waals surface area contributed by atoms with Crippen molar-refractivity contribution in [3.8, 4) is 11.5 Å². The van der Waals surface area contributed by atoms with Gasteiger partial charge in [-0.25, -0.2) is 4.39 Å². The standard InChI is InChI=1S/C26H26ClFN2O7/c1-2-35-26(34)17-4-3-9-29(12-17)24(32)13-30-20-10-16(5-7-23(20)37-15-25(30)33)21(31)14-36-22-8-6-18(27)11-19(22)28/h5-8,10-11,17H,2-4,9,12-15H2,1H3/t17-/m0/s1. The number of nitrogens with zero attached hydrogens (tertiary/aromatic N) is 2. The molecule has 2 aromatic rings. The third-order valence-corrected chi connectivity index (χ3v) is 6.40. The van der Waals surface area contributed by atoms with Gasteiger partial charge in [0, 0.05) is 23.7 Å². The van der Waals surface area contributed by atoms with E-state index in [1.54, 1.807) is 11.8 Å². The van der Waals surface area contributed by atoms with Crippen LogP contribution in [0.4, 0.5) is 10.1 Å². The lowest BCUT2D eigenvalue weighted by atomic mass is 9.98. The summed E-state index contributed by atoms with van der Waals surface area (Å²) in [5.41, 5.74) is 0.469. The van der Waals surface area contributed by atoms with E-state index < -0.39 is 30.0 Å². The molecule has 1 fully saturated rings. The van der Waals surface area contributed by atoms with E-state index in [1.807, 2.05) is 0 Å². The fourth-order valence-electron chi connectivity index (χ4n) is 4.26. The molecule has 1 saturated heterocycles. The van der Waals surface area contributed by atoms with Gasteiger partial charge in [-0.15, -0.1) is 0 Å². The summed E-state index contributed by atoms with van der Waals surface area (Å²) in [6, 6.07) is 8.33. The van der Waals surface area contributed by atoms with Gasteiger partial charge in [0.15, 0.2) is 30.6 Å². The summed E-state index contributed by atoms with van der Waals surface area (Å²) in [5.74, 6) is -2.44. The Hall–Kier alpha value is -3.66. The number of ketones is 1. The Labute approximate surface area is 218 Å². The molecular formula is C26H26ClFN2O7. The maximum atomic E-state index is 14.0. The molecule has 4 rings (SSSR count). The molecule has 0 N–H and O–H groups in total. The van der Waals surface area contributed by atoms with Crippen molar-refractivity contribution in [2.24, 2.45) is 5.92 Å². The molecule has 9 nitrogen and oxygen atoms in total.